The molecule has 0 aliphatic rings. The van der Waals surface area contributed by atoms with E-state index in [2.05, 4.69) is 0 Å². The van der Waals surface area contributed by atoms with Crippen molar-refractivity contribution in [1.82, 2.24) is 0 Å². The van der Waals surface area contributed by atoms with Crippen molar-refractivity contribution >= 4 is 33.4 Å². The van der Waals surface area contributed by atoms with Crippen LogP contribution in [0.25, 0.3) is 12.2 Å². The molecule has 0 saturated heterocycles. The Bertz CT molecular complexity index is 2150. The fraction of sp³-hybridized carbons (Fsp3) is 0.300. The fourth-order valence-corrected chi connectivity index (χ4v) is 8.24. The molecule has 4 rings (SSSR count). The van der Waals surface area contributed by atoms with Crippen LogP contribution in [0.15, 0.2) is 60.7 Å². The van der Waals surface area contributed by atoms with Gasteiger partial charge in [-0.25, -0.2) is 8.42 Å². The van der Waals surface area contributed by atoms with E-state index in [1.165, 1.54) is 120 Å². The van der Waals surface area contributed by atoms with Crippen LogP contribution in [0.1, 0.15) is 32.8 Å². The van der Waals surface area contributed by atoms with Gasteiger partial charge >= 0.3 is 0 Å². The number of sulfone groups is 1. The molecule has 316 valence electrons. The molecule has 0 radical (unpaired) electrons. The lowest BCUT2D eigenvalue weighted by atomic mass is 10.0. The summed E-state index contributed by atoms with van der Waals surface area (Å²) in [5, 5.41) is 21.6. The van der Waals surface area contributed by atoms with Gasteiger partial charge in [-0.05, 0) is 24.3 Å². The third-order valence-corrected chi connectivity index (χ3v) is 11.4. The highest BCUT2D eigenvalue weighted by Gasteiger charge is 2.41. The smallest absolute Gasteiger partial charge is 0.278 e. The summed E-state index contributed by atoms with van der Waals surface area (Å²) in [6.45, 7) is 0. The third kappa shape index (κ3) is 9.30. The van der Waals surface area contributed by atoms with Crippen LogP contribution in [0.3, 0.4) is 0 Å². The molecular formula is C40H44N2O16S. The van der Waals surface area contributed by atoms with Crippen LogP contribution in [0, 0.1) is 20.2 Å². The molecule has 0 aliphatic heterocycles. The second kappa shape index (κ2) is 19.5. The van der Waals surface area contributed by atoms with Crippen molar-refractivity contribution in [3.8, 4) is 57.5 Å². The summed E-state index contributed by atoms with van der Waals surface area (Å²) < 4.78 is 86.1. The summed E-state index contributed by atoms with van der Waals surface area (Å²) in [6, 6.07) is 10.5. The SMILES string of the molecule is COc1cc(OC)c(C=CC(c2cc(OC)c(OC)cc2[N+](=O)[O-])S(=O)(=O)C(C=Cc2c(OC)cc(OC)cc2OC)c2cc(OC)c(OC)cc2[N+](=O)[O-])c(OC)c1. The summed E-state index contributed by atoms with van der Waals surface area (Å²) >= 11 is 0. The van der Waals surface area contributed by atoms with Crippen LogP contribution < -0.4 is 47.4 Å². The van der Waals surface area contributed by atoms with Gasteiger partial charge in [0.1, 0.15) is 45.0 Å². The molecule has 0 N–H and O–H groups in total. The van der Waals surface area contributed by atoms with E-state index in [1.54, 1.807) is 0 Å². The number of hydrogen-bond acceptors (Lipinski definition) is 16. The maximum atomic E-state index is 15.7. The van der Waals surface area contributed by atoms with Crippen molar-refractivity contribution in [2.45, 2.75) is 10.5 Å². The van der Waals surface area contributed by atoms with E-state index >= 15 is 8.42 Å². The Hall–Kier alpha value is -6.89. The molecule has 4 aromatic rings. The summed E-state index contributed by atoms with van der Waals surface area (Å²) in [6.07, 6.45) is 5.05. The van der Waals surface area contributed by atoms with Crippen LogP contribution in [-0.2, 0) is 9.84 Å². The van der Waals surface area contributed by atoms with E-state index in [9.17, 15) is 20.2 Å². The summed E-state index contributed by atoms with van der Waals surface area (Å²) in [5.41, 5.74) is -1.63. The topological polar surface area (TPSA) is 213 Å². The first-order valence-electron chi connectivity index (χ1n) is 17.2. The molecule has 0 bridgehead atoms. The highest BCUT2D eigenvalue weighted by atomic mass is 32.2. The summed E-state index contributed by atoms with van der Waals surface area (Å²) in [7, 11) is 8.42. The monoisotopic (exact) mass is 840 g/mol. The van der Waals surface area contributed by atoms with Gasteiger partial charge in [-0.2, -0.15) is 0 Å². The molecule has 0 fully saturated rings. The van der Waals surface area contributed by atoms with Gasteiger partial charge in [0, 0.05) is 24.3 Å². The Morgan fingerprint density at radius 1 is 0.441 bits per heavy atom. The van der Waals surface area contributed by atoms with Gasteiger partial charge in [-0.3, -0.25) is 20.2 Å². The van der Waals surface area contributed by atoms with E-state index in [-0.39, 0.29) is 68.2 Å². The van der Waals surface area contributed by atoms with Crippen molar-refractivity contribution in [3.63, 3.8) is 0 Å². The fourth-order valence-electron chi connectivity index (χ4n) is 6.24. The van der Waals surface area contributed by atoms with Crippen molar-refractivity contribution in [1.29, 1.82) is 0 Å². The number of ether oxygens (including phenoxy) is 10. The molecule has 4 aromatic carbocycles. The molecule has 0 aromatic heterocycles. The Kier molecular flexibility index (Phi) is 14.8. The van der Waals surface area contributed by atoms with Gasteiger partial charge in [0.05, 0.1) is 115 Å². The lowest BCUT2D eigenvalue weighted by Gasteiger charge is -2.23. The molecule has 2 unspecified atom stereocenters. The summed E-state index contributed by atoms with van der Waals surface area (Å²) in [5.74, 6) is 1.28. The molecular weight excluding hydrogens is 797 g/mol. The minimum absolute atomic E-state index is 0.0433. The maximum absolute atomic E-state index is 15.7. The van der Waals surface area contributed by atoms with E-state index < -0.39 is 41.6 Å². The van der Waals surface area contributed by atoms with Crippen molar-refractivity contribution in [2.75, 3.05) is 71.1 Å². The second-order valence-electron chi connectivity index (χ2n) is 12.1. The van der Waals surface area contributed by atoms with Crippen molar-refractivity contribution < 1.29 is 65.6 Å². The average Bonchev–Trinajstić information content (AvgIpc) is 3.24. The molecule has 0 aliphatic carbocycles. The number of nitro groups is 2. The molecule has 0 saturated carbocycles. The average molecular weight is 841 g/mol. The molecule has 18 nitrogen and oxygen atoms in total. The number of hydrogen-bond donors (Lipinski definition) is 0. The number of rotatable bonds is 20. The van der Waals surface area contributed by atoms with Gasteiger partial charge < -0.3 is 47.4 Å². The lowest BCUT2D eigenvalue weighted by molar-refractivity contribution is -0.385. The minimum atomic E-state index is -5.00. The molecule has 0 heterocycles. The number of methoxy groups -OCH3 is 10. The standard InChI is InChI=1S/C40H44N2O16S/c1-49-23-15-31(51-3)25(32(16-23)52-4)11-13-39(27-19-35(55-7)37(57-9)21-29(27)41(43)44)59(47,48)40(28-20-36(56-8)38(58-10)22-30(28)42(45)46)14-12-26-33(53-5)17-24(50-2)18-34(26)54-6/h11-22,39-40H,1-10H3. The maximum Gasteiger partial charge on any atom is 0.278 e. The van der Waals surface area contributed by atoms with Crippen LogP contribution >= 0.6 is 0 Å². The van der Waals surface area contributed by atoms with Crippen molar-refractivity contribution in [3.05, 3.63) is 103 Å². The molecule has 19 heteroatoms. The molecule has 0 amide bonds. The third-order valence-electron chi connectivity index (χ3n) is 9.16. The molecule has 2 atom stereocenters. The Morgan fingerprint density at radius 2 is 0.712 bits per heavy atom. The zero-order chi connectivity index (χ0) is 43.6. The minimum Gasteiger partial charge on any atom is -0.496 e. The van der Waals surface area contributed by atoms with Gasteiger partial charge in [-0.1, -0.05) is 12.2 Å². The Balaban J connectivity index is 2.22. The van der Waals surface area contributed by atoms with Gasteiger partial charge in [-0.15, -0.1) is 0 Å². The normalized spacial score (nSPS) is 12.4. The Labute approximate surface area is 340 Å². The zero-order valence-electron chi connectivity index (χ0n) is 33.9. The zero-order valence-corrected chi connectivity index (χ0v) is 34.7. The van der Waals surface area contributed by atoms with E-state index in [0.717, 1.165) is 24.3 Å². The number of nitro benzene ring substituents is 2. The van der Waals surface area contributed by atoms with E-state index in [1.807, 2.05) is 0 Å². The highest BCUT2D eigenvalue weighted by Crippen LogP contribution is 2.49. The largest absolute Gasteiger partial charge is 0.496 e. The number of nitrogens with zero attached hydrogens (tertiary/aromatic N) is 2. The van der Waals surface area contributed by atoms with E-state index in [4.69, 9.17) is 47.4 Å². The Morgan fingerprint density at radius 3 is 0.949 bits per heavy atom. The van der Waals surface area contributed by atoms with Crippen LogP contribution in [-0.4, -0.2) is 89.4 Å². The van der Waals surface area contributed by atoms with Crippen molar-refractivity contribution in [2.24, 2.45) is 0 Å². The predicted molar refractivity (Wildman–Crippen MR) is 217 cm³/mol. The lowest BCUT2D eigenvalue weighted by Crippen LogP contribution is -2.21. The van der Waals surface area contributed by atoms with Gasteiger partial charge in [0.15, 0.2) is 32.8 Å². The first kappa shape index (κ1) is 44.8. The first-order valence-corrected chi connectivity index (χ1v) is 18.8. The van der Waals surface area contributed by atoms with Gasteiger partial charge in [0.25, 0.3) is 11.4 Å². The predicted octanol–water partition coefficient (Wildman–Crippen LogP) is 7.21. The summed E-state index contributed by atoms with van der Waals surface area (Å²) in [4.78, 5) is 24.0. The highest BCUT2D eigenvalue weighted by molar-refractivity contribution is 7.92. The number of benzene rings is 4. The quantitative estimate of drug-likeness (QED) is 0.0635. The van der Waals surface area contributed by atoms with E-state index in [0.29, 0.717) is 11.5 Å². The van der Waals surface area contributed by atoms with Crippen LogP contribution in [0.5, 0.6) is 57.5 Å². The molecule has 0 spiro atoms. The van der Waals surface area contributed by atoms with Crippen LogP contribution in [0.4, 0.5) is 11.4 Å². The van der Waals surface area contributed by atoms with Crippen LogP contribution in [0.2, 0.25) is 0 Å². The second-order valence-corrected chi connectivity index (χ2v) is 14.3. The first-order chi connectivity index (χ1) is 28.2. The molecule has 59 heavy (non-hydrogen) atoms. The van der Waals surface area contributed by atoms with Gasteiger partial charge in [0.2, 0.25) is 0 Å².